The van der Waals surface area contributed by atoms with Crippen LogP contribution in [0, 0.1) is 13.8 Å². The lowest BCUT2D eigenvalue weighted by molar-refractivity contribution is 0.102. The molecule has 34 heavy (non-hydrogen) atoms. The summed E-state index contributed by atoms with van der Waals surface area (Å²) in [5.41, 5.74) is 3.11. The largest absolute Gasteiger partial charge is 0.494 e. The third-order valence-electron chi connectivity index (χ3n) is 5.07. The van der Waals surface area contributed by atoms with E-state index < -0.39 is 0 Å². The summed E-state index contributed by atoms with van der Waals surface area (Å²) in [7, 11) is 0. The predicted molar refractivity (Wildman–Crippen MR) is 130 cm³/mol. The Morgan fingerprint density at radius 3 is 2.29 bits per heavy atom. The molecule has 0 unspecified atom stereocenters. The van der Waals surface area contributed by atoms with Crippen LogP contribution < -0.4 is 14.8 Å². The molecule has 4 aromatic rings. The summed E-state index contributed by atoms with van der Waals surface area (Å²) in [5, 5.41) is 15.6. The van der Waals surface area contributed by atoms with Crippen molar-refractivity contribution in [3.8, 4) is 23.2 Å². The molecule has 1 amide bonds. The van der Waals surface area contributed by atoms with Crippen LogP contribution in [0.15, 0.2) is 66.7 Å². The zero-order valence-electron chi connectivity index (χ0n) is 19.5. The molecule has 0 aliphatic heterocycles. The van der Waals surface area contributed by atoms with E-state index >= 15 is 0 Å². The van der Waals surface area contributed by atoms with E-state index in [0.717, 1.165) is 30.0 Å². The molecular weight excluding hydrogens is 430 g/mol. The Balaban J connectivity index is 1.33. The molecule has 2 aromatic heterocycles. The van der Waals surface area contributed by atoms with Crippen molar-refractivity contribution in [2.24, 2.45) is 0 Å². The van der Waals surface area contributed by atoms with Gasteiger partial charge in [0.15, 0.2) is 5.82 Å². The topological polar surface area (TPSA) is 91.2 Å². The van der Waals surface area contributed by atoms with Gasteiger partial charge >= 0.3 is 0 Å². The molecule has 2 heterocycles. The van der Waals surface area contributed by atoms with Crippen LogP contribution in [0.1, 0.15) is 41.5 Å². The summed E-state index contributed by atoms with van der Waals surface area (Å²) >= 11 is 0. The highest BCUT2D eigenvalue weighted by atomic mass is 16.5. The van der Waals surface area contributed by atoms with Crippen molar-refractivity contribution < 1.29 is 14.3 Å². The Labute approximate surface area is 198 Å². The van der Waals surface area contributed by atoms with Crippen molar-refractivity contribution in [3.63, 3.8) is 0 Å². The van der Waals surface area contributed by atoms with Gasteiger partial charge in [-0.15, -0.1) is 10.2 Å². The first-order chi connectivity index (χ1) is 16.5. The first-order valence-electron chi connectivity index (χ1n) is 11.2. The van der Waals surface area contributed by atoms with Gasteiger partial charge in [-0.1, -0.05) is 13.3 Å². The van der Waals surface area contributed by atoms with Crippen molar-refractivity contribution in [1.29, 1.82) is 0 Å². The molecule has 0 aliphatic rings. The van der Waals surface area contributed by atoms with Crippen molar-refractivity contribution in [2.45, 2.75) is 33.6 Å². The number of carbonyl (C=O) groups is 1. The third-order valence-corrected chi connectivity index (χ3v) is 5.07. The van der Waals surface area contributed by atoms with Crippen LogP contribution in [-0.2, 0) is 0 Å². The van der Waals surface area contributed by atoms with Gasteiger partial charge in [-0.2, -0.15) is 5.10 Å². The summed E-state index contributed by atoms with van der Waals surface area (Å²) in [6.07, 6.45) is 2.08. The van der Waals surface area contributed by atoms with Crippen LogP contribution in [0.2, 0.25) is 0 Å². The molecule has 0 radical (unpaired) electrons. The number of hydrogen-bond acceptors (Lipinski definition) is 6. The van der Waals surface area contributed by atoms with Crippen molar-refractivity contribution in [3.05, 3.63) is 83.7 Å². The smallest absolute Gasteiger partial charge is 0.255 e. The van der Waals surface area contributed by atoms with E-state index in [9.17, 15) is 4.79 Å². The second kappa shape index (κ2) is 10.6. The SMILES string of the molecule is CCCCOc1ccc(C(=O)Nc2ccc(Oc3ccc(-n4nc(C)cc4C)nn3)cc2)cc1. The zero-order valence-corrected chi connectivity index (χ0v) is 19.5. The number of benzene rings is 2. The second-order valence-electron chi connectivity index (χ2n) is 7.88. The van der Waals surface area contributed by atoms with Crippen LogP contribution in [-0.4, -0.2) is 32.5 Å². The number of unbranched alkanes of at least 4 members (excludes halogenated alkanes) is 1. The summed E-state index contributed by atoms with van der Waals surface area (Å²) in [6, 6.07) is 19.7. The van der Waals surface area contributed by atoms with E-state index in [-0.39, 0.29) is 5.91 Å². The average Bonchev–Trinajstić information content (AvgIpc) is 3.19. The van der Waals surface area contributed by atoms with Crippen molar-refractivity contribution in [1.82, 2.24) is 20.0 Å². The van der Waals surface area contributed by atoms with Crippen LogP contribution in [0.5, 0.6) is 17.4 Å². The number of amides is 1. The van der Waals surface area contributed by atoms with E-state index in [1.165, 1.54) is 0 Å². The molecule has 0 saturated heterocycles. The van der Waals surface area contributed by atoms with Crippen LogP contribution in [0.25, 0.3) is 5.82 Å². The number of ether oxygens (including phenoxy) is 2. The van der Waals surface area contributed by atoms with Gasteiger partial charge in [-0.3, -0.25) is 4.79 Å². The molecular formula is C26H27N5O3. The molecule has 2 aromatic carbocycles. The normalized spacial score (nSPS) is 10.7. The Morgan fingerprint density at radius 2 is 1.68 bits per heavy atom. The van der Waals surface area contributed by atoms with E-state index in [0.29, 0.717) is 35.3 Å². The van der Waals surface area contributed by atoms with Crippen LogP contribution >= 0.6 is 0 Å². The van der Waals surface area contributed by atoms with Crippen molar-refractivity contribution in [2.75, 3.05) is 11.9 Å². The Hall–Kier alpha value is -4.20. The number of aryl methyl sites for hydroxylation is 2. The third kappa shape index (κ3) is 5.78. The van der Waals surface area contributed by atoms with Gasteiger partial charge in [0.2, 0.25) is 5.88 Å². The molecule has 174 valence electrons. The fraction of sp³-hybridized carbons (Fsp3) is 0.231. The maximum absolute atomic E-state index is 12.5. The quantitative estimate of drug-likeness (QED) is 0.334. The minimum atomic E-state index is -0.195. The number of carbonyl (C=O) groups excluding carboxylic acids is 1. The van der Waals surface area contributed by atoms with Gasteiger partial charge in [0.25, 0.3) is 5.91 Å². The monoisotopic (exact) mass is 457 g/mol. The van der Waals surface area contributed by atoms with Gasteiger partial charge in [0.05, 0.1) is 12.3 Å². The second-order valence-corrected chi connectivity index (χ2v) is 7.88. The van der Waals surface area contributed by atoms with Gasteiger partial charge in [-0.25, -0.2) is 4.68 Å². The minimum Gasteiger partial charge on any atom is -0.494 e. The lowest BCUT2D eigenvalue weighted by Crippen LogP contribution is -2.11. The lowest BCUT2D eigenvalue weighted by atomic mass is 10.2. The Bertz CT molecular complexity index is 1230. The molecule has 0 aliphatic carbocycles. The number of nitrogens with zero attached hydrogens (tertiary/aromatic N) is 4. The van der Waals surface area contributed by atoms with Crippen LogP contribution in [0.4, 0.5) is 5.69 Å². The first-order valence-corrected chi connectivity index (χ1v) is 11.2. The summed E-state index contributed by atoms with van der Waals surface area (Å²) < 4.78 is 13.1. The molecule has 0 saturated carbocycles. The summed E-state index contributed by atoms with van der Waals surface area (Å²) in [4.78, 5) is 12.5. The molecule has 0 spiro atoms. The van der Waals surface area contributed by atoms with Gasteiger partial charge in [0, 0.05) is 23.0 Å². The number of hydrogen-bond donors (Lipinski definition) is 1. The highest BCUT2D eigenvalue weighted by Crippen LogP contribution is 2.22. The molecule has 4 rings (SSSR count). The summed E-state index contributed by atoms with van der Waals surface area (Å²) in [6.45, 7) is 6.69. The van der Waals surface area contributed by atoms with Crippen LogP contribution in [0.3, 0.4) is 0 Å². The number of nitrogens with one attached hydrogen (secondary N) is 1. The zero-order chi connectivity index (χ0) is 23.9. The van der Waals surface area contributed by atoms with E-state index in [1.54, 1.807) is 53.2 Å². The fourth-order valence-corrected chi connectivity index (χ4v) is 3.31. The van der Waals surface area contributed by atoms with Gasteiger partial charge < -0.3 is 14.8 Å². The van der Waals surface area contributed by atoms with E-state index in [1.807, 2.05) is 32.0 Å². The molecule has 0 atom stereocenters. The first kappa shape index (κ1) is 23.0. The van der Waals surface area contributed by atoms with Crippen molar-refractivity contribution >= 4 is 11.6 Å². The predicted octanol–water partition coefficient (Wildman–Crippen LogP) is 5.50. The molecule has 1 N–H and O–H groups in total. The minimum absolute atomic E-state index is 0.195. The van der Waals surface area contributed by atoms with E-state index in [2.05, 4.69) is 27.5 Å². The molecule has 0 fully saturated rings. The van der Waals surface area contributed by atoms with Gasteiger partial charge in [0.1, 0.15) is 11.5 Å². The lowest BCUT2D eigenvalue weighted by Gasteiger charge is -2.09. The standard InChI is InChI=1S/C26H27N5O3/c1-4-5-16-33-22-10-6-20(7-11-22)26(32)27-21-8-12-23(13-9-21)34-25-15-14-24(28-29-25)31-19(3)17-18(2)30-31/h6-15,17H,4-5,16H2,1-3H3,(H,27,32). The highest BCUT2D eigenvalue weighted by Gasteiger charge is 2.09. The average molecular weight is 458 g/mol. The number of rotatable bonds is 9. The number of aromatic nitrogens is 4. The maximum atomic E-state index is 12.5. The highest BCUT2D eigenvalue weighted by molar-refractivity contribution is 6.04. The fourth-order valence-electron chi connectivity index (χ4n) is 3.31. The Kier molecular flexibility index (Phi) is 7.17. The van der Waals surface area contributed by atoms with E-state index in [4.69, 9.17) is 9.47 Å². The van der Waals surface area contributed by atoms with Gasteiger partial charge in [-0.05, 0) is 80.9 Å². The summed E-state index contributed by atoms with van der Waals surface area (Å²) in [5.74, 6) is 2.14. The molecule has 0 bridgehead atoms. The Morgan fingerprint density at radius 1 is 0.941 bits per heavy atom. The number of anilines is 1. The maximum Gasteiger partial charge on any atom is 0.255 e. The molecule has 8 heteroatoms. The molecule has 8 nitrogen and oxygen atoms in total.